The van der Waals surface area contributed by atoms with Gasteiger partial charge in [-0.25, -0.2) is 29.9 Å². The molecule has 4 fully saturated rings. The normalized spacial score (nSPS) is 19.4. The number of nitrogen functional groups attached to an aromatic ring is 1. The first-order chi connectivity index (χ1) is 38.0. The van der Waals surface area contributed by atoms with Crippen molar-refractivity contribution in [3.05, 3.63) is 135 Å². The third-order valence-electron chi connectivity index (χ3n) is 14.9. The SMILES string of the molecule is N#Cc1cncnc1N.N#Cc1cncnc1NC1=CC(Cl)=C2C(=O)NC3(CCCCC3)C2C1=O.N#Cc1cncnc1Nc1cc(Cl)c2n(c1=O)C1(CCCCC1)NC2=O.O=C1NC2(CCCCC2)n2c1c(Cl)cc(Br)c2=O. The van der Waals surface area contributed by atoms with Gasteiger partial charge in [-0.3, -0.25) is 37.9 Å². The summed E-state index contributed by atoms with van der Waals surface area (Å²) < 4.78 is 3.44. The van der Waals surface area contributed by atoms with Crippen LogP contribution in [0.15, 0.2) is 86.1 Å². The third kappa shape index (κ3) is 10.7. The van der Waals surface area contributed by atoms with E-state index in [-0.39, 0.29) is 90.3 Å². The molecule has 1 saturated heterocycles. The number of nitrogens with zero attached hydrogens (tertiary/aromatic N) is 11. The smallest absolute Gasteiger partial charge is 0.276 e. The van der Waals surface area contributed by atoms with Gasteiger partial charge in [0.15, 0.2) is 17.4 Å². The highest BCUT2D eigenvalue weighted by molar-refractivity contribution is 9.10. The molecule has 4 aliphatic carbocycles. The number of aromatic nitrogens is 8. The second-order valence-corrected chi connectivity index (χ2v) is 21.7. The Balaban J connectivity index is 0.000000135. The molecule has 3 saturated carbocycles. The molecule has 5 aromatic heterocycles. The molecule has 3 aliphatic heterocycles. The number of nitriles is 3. The average molecular weight is 1190 g/mol. The predicted molar refractivity (Wildman–Crippen MR) is 291 cm³/mol. The van der Waals surface area contributed by atoms with Gasteiger partial charge in [0.05, 0.1) is 55.3 Å². The number of rotatable bonds is 4. The molecule has 3 spiro atoms. The standard InChI is InChI=1S/C18H16ClN5O2.C17H15ClN6O2.C12H12BrClN2O2.C5H4N4/c19-11-6-12(23-16-10(7-20)8-21-9-22-16)15(25)14-13(11)17(26)24-18(14)4-2-1-3-5-18;18-11-6-12(22-14-10(7-19)8-20-9-21-14)16(26)24-13(11)15(25)23-17(24)4-2-1-3-5-17;13-7-6-8(14)9-10(17)15-12(16(9)11(7)18)4-2-1-3-5-12;6-1-4-2-8-3-9-5(4)7/h6,8-9,14H,1-5H2,(H,24,26)(H,21,22,23);6,8-9H,1-5H2,(H,23,25)(H,20,21,22);6H,1-5H2,(H,15,17);2-3H,(H2,7,8,9). The van der Waals surface area contributed by atoms with E-state index in [9.17, 15) is 39.3 Å². The Morgan fingerprint density at radius 2 is 1.08 bits per heavy atom. The van der Waals surface area contributed by atoms with Crippen molar-refractivity contribution in [2.24, 2.45) is 5.92 Å². The fraction of sp³-hybridized carbons (Fsp3) is 0.365. The van der Waals surface area contributed by atoms with E-state index in [0.717, 1.165) is 83.5 Å². The first-order valence-corrected chi connectivity index (χ1v) is 27.0. The second-order valence-electron chi connectivity index (χ2n) is 19.6. The minimum atomic E-state index is -0.729. The van der Waals surface area contributed by atoms with E-state index in [1.54, 1.807) is 4.57 Å². The van der Waals surface area contributed by atoms with Crippen LogP contribution in [-0.2, 0) is 20.9 Å². The lowest BCUT2D eigenvalue weighted by Crippen LogP contribution is -2.50. The van der Waals surface area contributed by atoms with E-state index in [0.29, 0.717) is 39.2 Å². The Hall–Kier alpha value is -8.08. The molecule has 8 heterocycles. The number of carbonyl (C=O) groups excluding carboxylic acids is 4. The van der Waals surface area contributed by atoms with Gasteiger partial charge in [0.1, 0.15) is 88.1 Å². The number of pyridine rings is 2. The summed E-state index contributed by atoms with van der Waals surface area (Å²) in [4.78, 5) is 98.5. The molecular weight excluding hydrogens is 1140 g/mol. The van der Waals surface area contributed by atoms with Crippen molar-refractivity contribution < 1.29 is 19.2 Å². The van der Waals surface area contributed by atoms with Crippen molar-refractivity contribution >= 4 is 97.4 Å². The van der Waals surface area contributed by atoms with Gasteiger partial charge in [0.2, 0.25) is 5.91 Å². The maximum absolute atomic E-state index is 13.2. The van der Waals surface area contributed by atoms with Crippen LogP contribution in [0.3, 0.4) is 0 Å². The maximum atomic E-state index is 13.2. The van der Waals surface area contributed by atoms with E-state index in [1.165, 1.54) is 60.3 Å². The molecule has 1 atom stereocenters. The Bertz CT molecular complexity index is 3660. The van der Waals surface area contributed by atoms with Gasteiger partial charge in [0.25, 0.3) is 22.9 Å². The number of anilines is 4. The number of Topliss-reactive ketones (excluding diaryl/α,β-unsaturated/α-hetero) is 1. The Kier molecular flexibility index (Phi) is 16.3. The van der Waals surface area contributed by atoms with Crippen molar-refractivity contribution in [3.8, 4) is 18.2 Å². The molecule has 0 bridgehead atoms. The van der Waals surface area contributed by atoms with E-state index in [4.69, 9.17) is 45.8 Å². The lowest BCUT2D eigenvalue weighted by Gasteiger charge is -2.38. The second kappa shape index (κ2) is 23.1. The van der Waals surface area contributed by atoms with E-state index < -0.39 is 22.8 Å². The molecule has 7 N–H and O–H groups in total. The highest BCUT2D eigenvalue weighted by Crippen LogP contribution is 2.48. The molecule has 12 rings (SSSR count). The number of hydrogen-bond donors (Lipinski definition) is 6. The van der Waals surface area contributed by atoms with Crippen molar-refractivity contribution in [2.45, 2.75) is 113 Å². The van der Waals surface area contributed by atoms with E-state index >= 15 is 0 Å². The summed E-state index contributed by atoms with van der Waals surface area (Å²) in [6.45, 7) is 0. The van der Waals surface area contributed by atoms with Crippen LogP contribution in [-0.4, -0.2) is 68.1 Å². The average Bonchev–Trinajstić information content (AvgIpc) is 4.26. The van der Waals surface area contributed by atoms with E-state index in [1.807, 2.05) is 18.2 Å². The summed E-state index contributed by atoms with van der Waals surface area (Å²) in [5, 5.41) is 42.2. The Morgan fingerprint density at radius 3 is 1.58 bits per heavy atom. The zero-order chi connectivity index (χ0) is 56.2. The number of fused-ring (bicyclic) bond motifs is 6. The number of ketones is 1. The fourth-order valence-corrected chi connectivity index (χ4v) is 12.7. The summed E-state index contributed by atoms with van der Waals surface area (Å²) in [5.74, 6) is -0.962. The Morgan fingerprint density at radius 1 is 0.608 bits per heavy atom. The lowest BCUT2D eigenvalue weighted by atomic mass is 9.69. The van der Waals surface area contributed by atoms with Crippen LogP contribution in [0.5, 0.6) is 0 Å². The monoisotopic (exact) mass is 1190 g/mol. The summed E-state index contributed by atoms with van der Waals surface area (Å²) in [6.07, 6.45) is 23.0. The molecule has 27 heteroatoms. The largest absolute Gasteiger partial charge is 0.382 e. The topological polar surface area (TPSA) is 347 Å². The molecule has 0 aromatic carbocycles. The molecule has 23 nitrogen and oxygen atoms in total. The van der Waals surface area contributed by atoms with Gasteiger partial charge in [-0.2, -0.15) is 15.8 Å². The number of hydrogen-bond acceptors (Lipinski definition) is 18. The highest BCUT2D eigenvalue weighted by atomic mass is 79.9. The van der Waals surface area contributed by atoms with Crippen LogP contribution in [0.2, 0.25) is 10.0 Å². The van der Waals surface area contributed by atoms with Gasteiger partial charge in [-0.15, -0.1) is 0 Å². The lowest BCUT2D eigenvalue weighted by molar-refractivity contribution is -0.120. The van der Waals surface area contributed by atoms with Gasteiger partial charge in [-0.1, -0.05) is 66.9 Å². The minimum absolute atomic E-state index is 0.162. The van der Waals surface area contributed by atoms with Crippen LogP contribution in [0.4, 0.5) is 23.1 Å². The first kappa shape index (κ1) is 55.7. The highest BCUT2D eigenvalue weighted by Gasteiger charge is 2.56. The van der Waals surface area contributed by atoms with Crippen LogP contribution < -0.4 is 43.4 Å². The summed E-state index contributed by atoms with van der Waals surface area (Å²) >= 11 is 22.0. The molecule has 79 heavy (non-hydrogen) atoms. The van der Waals surface area contributed by atoms with Crippen LogP contribution in [0.25, 0.3) is 0 Å². The molecule has 5 aromatic rings. The number of halogens is 4. The zero-order valence-corrected chi connectivity index (χ0v) is 45.7. The van der Waals surface area contributed by atoms with Gasteiger partial charge in [0, 0.05) is 5.57 Å². The number of carbonyl (C=O) groups is 4. The molecular formula is C52H47BrCl3N17O6. The zero-order valence-electron chi connectivity index (χ0n) is 41.8. The quantitative estimate of drug-likeness (QED) is 0.106. The predicted octanol–water partition coefficient (Wildman–Crippen LogP) is 6.99. The van der Waals surface area contributed by atoms with E-state index in [2.05, 4.69) is 72.4 Å². The van der Waals surface area contributed by atoms with Crippen molar-refractivity contribution in [1.82, 2.24) is 55.0 Å². The molecule has 0 radical (unpaired) electrons. The fourth-order valence-electron chi connectivity index (χ4n) is 11.3. The molecule has 1 unspecified atom stereocenters. The van der Waals surface area contributed by atoms with Crippen molar-refractivity contribution in [3.63, 3.8) is 0 Å². The van der Waals surface area contributed by atoms with Crippen molar-refractivity contribution in [1.29, 1.82) is 15.8 Å². The van der Waals surface area contributed by atoms with Crippen LogP contribution in [0.1, 0.15) is 134 Å². The number of allylic oxidation sites excluding steroid dienone is 3. The minimum Gasteiger partial charge on any atom is -0.382 e. The van der Waals surface area contributed by atoms with Gasteiger partial charge >= 0.3 is 0 Å². The Labute approximate surface area is 473 Å². The maximum Gasteiger partial charge on any atom is 0.276 e. The molecule has 3 amide bonds. The third-order valence-corrected chi connectivity index (χ3v) is 16.3. The van der Waals surface area contributed by atoms with Crippen molar-refractivity contribution in [2.75, 3.05) is 16.4 Å². The number of nitrogens with two attached hydrogens (primary N) is 1. The summed E-state index contributed by atoms with van der Waals surface area (Å²) in [7, 11) is 0. The number of amides is 3. The molecule has 7 aliphatic rings. The first-order valence-electron chi connectivity index (χ1n) is 25.1. The summed E-state index contributed by atoms with van der Waals surface area (Å²) in [6, 6.07) is 8.70. The van der Waals surface area contributed by atoms with Crippen LogP contribution in [0, 0.1) is 39.9 Å². The van der Waals surface area contributed by atoms with Crippen LogP contribution >= 0.6 is 50.7 Å². The summed E-state index contributed by atoms with van der Waals surface area (Å²) in [5.41, 5.74) is 4.83. The van der Waals surface area contributed by atoms with Gasteiger partial charge < -0.3 is 32.3 Å². The molecule has 404 valence electrons. The van der Waals surface area contributed by atoms with Gasteiger partial charge in [-0.05, 0) is 98.3 Å². The number of nitrogens with one attached hydrogen (secondary N) is 5.